The molecule has 0 aliphatic rings. The van der Waals surface area contributed by atoms with Gasteiger partial charge in [0.1, 0.15) is 17.6 Å². The molecule has 1 aromatic carbocycles. The third kappa shape index (κ3) is 4.39. The van der Waals surface area contributed by atoms with Crippen molar-refractivity contribution in [3.8, 4) is 11.5 Å². The smallest absolute Gasteiger partial charge is 0.489 e. The summed E-state index contributed by atoms with van der Waals surface area (Å²) < 4.78 is 44.7. The lowest BCUT2D eigenvalue weighted by atomic mass is 10.3. The number of halogens is 3. The van der Waals surface area contributed by atoms with E-state index < -0.39 is 6.36 Å². The highest BCUT2D eigenvalue weighted by molar-refractivity contribution is 5.33. The average molecular weight is 235 g/mol. The second kappa shape index (κ2) is 5.07. The lowest BCUT2D eigenvalue weighted by Gasteiger charge is -2.14. The summed E-state index contributed by atoms with van der Waals surface area (Å²) in [6, 6.07) is 5.32. The Bertz CT molecular complexity index is 341. The quantitative estimate of drug-likeness (QED) is 0.870. The molecule has 2 N–H and O–H groups in total. The normalized spacial score (nSPS) is 13.3. The number of benzene rings is 1. The molecule has 1 rings (SSSR count). The number of rotatable bonds is 4. The zero-order valence-electron chi connectivity index (χ0n) is 8.62. The fourth-order valence-corrected chi connectivity index (χ4v) is 1.03. The number of ether oxygens (including phenoxy) is 2. The van der Waals surface area contributed by atoms with Crippen LogP contribution in [0.3, 0.4) is 0 Å². The molecular weight excluding hydrogens is 223 g/mol. The molecule has 90 valence electrons. The second-order valence-electron chi connectivity index (χ2n) is 3.19. The van der Waals surface area contributed by atoms with Crippen molar-refractivity contribution in [1.29, 1.82) is 0 Å². The molecule has 6 heteroatoms. The molecular formula is C10H12F3NO2. The largest absolute Gasteiger partial charge is 0.573 e. The maximum atomic E-state index is 11.9. The average Bonchev–Trinajstić information content (AvgIpc) is 2.15. The Morgan fingerprint density at radius 3 is 2.50 bits per heavy atom. The summed E-state index contributed by atoms with van der Waals surface area (Å²) in [5.74, 6) is -0.0195. The Kier molecular flexibility index (Phi) is 4.00. The first kappa shape index (κ1) is 12.6. The monoisotopic (exact) mass is 235 g/mol. The van der Waals surface area contributed by atoms with Gasteiger partial charge in [-0.05, 0) is 19.1 Å². The molecule has 16 heavy (non-hydrogen) atoms. The van der Waals surface area contributed by atoms with Crippen molar-refractivity contribution in [2.24, 2.45) is 5.73 Å². The molecule has 1 unspecified atom stereocenters. The van der Waals surface area contributed by atoms with Crippen LogP contribution in [0.25, 0.3) is 0 Å². The summed E-state index contributed by atoms with van der Waals surface area (Å²) in [5.41, 5.74) is 5.32. The van der Waals surface area contributed by atoms with E-state index in [9.17, 15) is 13.2 Å². The second-order valence-corrected chi connectivity index (χ2v) is 3.19. The molecule has 3 nitrogen and oxygen atoms in total. The highest BCUT2D eigenvalue weighted by Gasteiger charge is 2.31. The van der Waals surface area contributed by atoms with Gasteiger partial charge in [0, 0.05) is 12.6 Å². The summed E-state index contributed by atoms with van der Waals surface area (Å²) >= 11 is 0. The molecule has 0 amide bonds. The molecule has 0 spiro atoms. The van der Waals surface area contributed by atoms with E-state index in [0.717, 1.165) is 0 Å². The zero-order chi connectivity index (χ0) is 12.2. The van der Waals surface area contributed by atoms with Crippen molar-refractivity contribution >= 4 is 0 Å². The first-order valence-electron chi connectivity index (χ1n) is 4.63. The van der Waals surface area contributed by atoms with Crippen LogP contribution in [0.5, 0.6) is 11.5 Å². The van der Waals surface area contributed by atoms with Crippen LogP contribution in [0.15, 0.2) is 24.3 Å². The number of alkyl halides is 3. The summed E-state index contributed by atoms with van der Waals surface area (Å²) in [6.07, 6.45) is -4.96. The topological polar surface area (TPSA) is 44.5 Å². The van der Waals surface area contributed by atoms with Crippen LogP contribution < -0.4 is 15.2 Å². The Hall–Kier alpha value is -1.43. The maximum Gasteiger partial charge on any atom is 0.573 e. The lowest BCUT2D eigenvalue weighted by molar-refractivity contribution is -0.274. The first-order chi connectivity index (χ1) is 7.40. The Morgan fingerprint density at radius 1 is 1.31 bits per heavy atom. The minimum absolute atomic E-state index is 0.263. The molecule has 0 aliphatic carbocycles. The molecule has 0 heterocycles. The van der Waals surface area contributed by atoms with Gasteiger partial charge in [0.25, 0.3) is 0 Å². The summed E-state index contributed by atoms with van der Waals surface area (Å²) in [4.78, 5) is 0. The van der Waals surface area contributed by atoms with E-state index in [-0.39, 0.29) is 18.4 Å². The van der Waals surface area contributed by atoms with Gasteiger partial charge in [0.2, 0.25) is 0 Å². The van der Waals surface area contributed by atoms with Gasteiger partial charge in [-0.25, -0.2) is 0 Å². The van der Waals surface area contributed by atoms with E-state index in [2.05, 4.69) is 4.74 Å². The molecule has 1 atom stereocenters. The minimum atomic E-state index is -4.70. The van der Waals surface area contributed by atoms with Crippen LogP contribution >= 0.6 is 0 Å². The van der Waals surface area contributed by atoms with Crippen LogP contribution in [0, 0.1) is 0 Å². The predicted molar refractivity (Wildman–Crippen MR) is 52.3 cm³/mol. The van der Waals surface area contributed by atoms with Crippen molar-refractivity contribution < 1.29 is 22.6 Å². The highest BCUT2D eigenvalue weighted by Crippen LogP contribution is 2.26. The molecule has 0 bridgehead atoms. The van der Waals surface area contributed by atoms with E-state index in [0.29, 0.717) is 5.75 Å². The standard InChI is InChI=1S/C10H12F3NO2/c1-7(6-14)15-8-3-2-4-9(5-8)16-10(11,12)13/h2-5,7H,6,14H2,1H3. The van der Waals surface area contributed by atoms with Crippen molar-refractivity contribution in [3.05, 3.63) is 24.3 Å². The maximum absolute atomic E-state index is 11.9. The fraction of sp³-hybridized carbons (Fsp3) is 0.400. The molecule has 0 radical (unpaired) electrons. The predicted octanol–water partition coefficient (Wildman–Crippen LogP) is 2.31. The first-order valence-corrected chi connectivity index (χ1v) is 4.63. The van der Waals surface area contributed by atoms with Gasteiger partial charge in [-0.15, -0.1) is 13.2 Å². The summed E-state index contributed by atoms with van der Waals surface area (Å²) in [5, 5.41) is 0. The molecule has 1 aromatic rings. The van der Waals surface area contributed by atoms with Crippen molar-refractivity contribution in [3.63, 3.8) is 0 Å². The molecule has 0 aliphatic heterocycles. The highest BCUT2D eigenvalue weighted by atomic mass is 19.4. The summed E-state index contributed by atoms with van der Waals surface area (Å²) in [7, 11) is 0. The van der Waals surface area contributed by atoms with E-state index in [1.807, 2.05) is 0 Å². The molecule has 0 saturated heterocycles. The van der Waals surface area contributed by atoms with Crippen molar-refractivity contribution in [1.82, 2.24) is 0 Å². The Labute approximate surface area is 91.0 Å². The van der Waals surface area contributed by atoms with Gasteiger partial charge < -0.3 is 15.2 Å². The van der Waals surface area contributed by atoms with Gasteiger partial charge in [0.15, 0.2) is 0 Å². The number of hydrogen-bond donors (Lipinski definition) is 1. The molecule has 0 aromatic heterocycles. The third-order valence-corrected chi connectivity index (χ3v) is 1.71. The van der Waals surface area contributed by atoms with Crippen LogP contribution in [0.4, 0.5) is 13.2 Å². The zero-order valence-corrected chi connectivity index (χ0v) is 8.62. The summed E-state index contributed by atoms with van der Waals surface area (Å²) in [6.45, 7) is 2.00. The SMILES string of the molecule is CC(CN)Oc1cccc(OC(F)(F)F)c1. The van der Waals surface area contributed by atoms with E-state index in [1.54, 1.807) is 6.92 Å². The fourth-order valence-electron chi connectivity index (χ4n) is 1.03. The van der Waals surface area contributed by atoms with Crippen LogP contribution in [-0.4, -0.2) is 19.0 Å². The van der Waals surface area contributed by atoms with E-state index >= 15 is 0 Å². The van der Waals surface area contributed by atoms with Crippen molar-refractivity contribution in [2.75, 3.05) is 6.54 Å². The van der Waals surface area contributed by atoms with Gasteiger partial charge in [-0.1, -0.05) is 6.07 Å². The van der Waals surface area contributed by atoms with Gasteiger partial charge in [-0.2, -0.15) is 0 Å². The van der Waals surface area contributed by atoms with E-state index in [1.165, 1.54) is 24.3 Å². The Balaban J connectivity index is 2.71. The number of hydrogen-bond acceptors (Lipinski definition) is 3. The van der Waals surface area contributed by atoms with Gasteiger partial charge >= 0.3 is 6.36 Å². The molecule has 0 saturated carbocycles. The van der Waals surface area contributed by atoms with E-state index in [4.69, 9.17) is 10.5 Å². The van der Waals surface area contributed by atoms with Gasteiger partial charge in [0.05, 0.1) is 0 Å². The van der Waals surface area contributed by atoms with Crippen LogP contribution in [-0.2, 0) is 0 Å². The van der Waals surface area contributed by atoms with Crippen LogP contribution in [0.2, 0.25) is 0 Å². The lowest BCUT2D eigenvalue weighted by Crippen LogP contribution is -2.23. The van der Waals surface area contributed by atoms with Gasteiger partial charge in [-0.3, -0.25) is 0 Å². The third-order valence-electron chi connectivity index (χ3n) is 1.71. The number of nitrogens with two attached hydrogens (primary N) is 1. The Morgan fingerprint density at radius 2 is 1.94 bits per heavy atom. The van der Waals surface area contributed by atoms with Crippen molar-refractivity contribution in [2.45, 2.75) is 19.4 Å². The minimum Gasteiger partial charge on any atom is -0.489 e. The molecule has 0 fully saturated rings. The van der Waals surface area contributed by atoms with Crippen LogP contribution in [0.1, 0.15) is 6.92 Å².